The van der Waals surface area contributed by atoms with Crippen LogP contribution in [0.1, 0.15) is 18.9 Å². The monoisotopic (exact) mass is 285 g/mol. The minimum atomic E-state index is -0.501. The molecule has 2 rings (SSSR count). The topological polar surface area (TPSA) is 32.3 Å². The summed E-state index contributed by atoms with van der Waals surface area (Å²) in [6.07, 6.45) is 1.86. The third-order valence-corrected chi connectivity index (χ3v) is 4.80. The number of hydrogen-bond donors (Lipinski definition) is 2. The molecule has 18 heavy (non-hydrogen) atoms. The molecule has 2 unspecified atom stereocenters. The van der Waals surface area contributed by atoms with Gasteiger partial charge in [-0.1, -0.05) is 23.7 Å². The standard InChI is InChI=1S/C14H20ClNOS/c1-11(8-12-2-4-13(15)5-3-12)16-9-14(17)6-7-18-10-14/h2-5,11,16-17H,6-10H2,1H3. The van der Waals surface area contributed by atoms with E-state index in [0.29, 0.717) is 12.6 Å². The van der Waals surface area contributed by atoms with Gasteiger partial charge in [0, 0.05) is 23.4 Å². The molecule has 100 valence electrons. The lowest BCUT2D eigenvalue weighted by Crippen LogP contribution is -2.44. The quantitative estimate of drug-likeness (QED) is 0.872. The van der Waals surface area contributed by atoms with E-state index in [2.05, 4.69) is 24.4 Å². The summed E-state index contributed by atoms with van der Waals surface area (Å²) < 4.78 is 0. The van der Waals surface area contributed by atoms with Crippen molar-refractivity contribution in [1.82, 2.24) is 5.32 Å². The van der Waals surface area contributed by atoms with Crippen LogP contribution in [0.3, 0.4) is 0 Å². The van der Waals surface area contributed by atoms with Crippen molar-refractivity contribution in [3.05, 3.63) is 34.9 Å². The van der Waals surface area contributed by atoms with Crippen molar-refractivity contribution in [2.45, 2.75) is 31.4 Å². The second-order valence-corrected chi connectivity index (χ2v) is 6.68. The zero-order valence-corrected chi connectivity index (χ0v) is 12.2. The summed E-state index contributed by atoms with van der Waals surface area (Å²) in [6.45, 7) is 2.84. The molecular weight excluding hydrogens is 266 g/mol. The molecule has 0 saturated carbocycles. The van der Waals surface area contributed by atoms with Gasteiger partial charge in [0.2, 0.25) is 0 Å². The molecule has 1 aromatic rings. The van der Waals surface area contributed by atoms with Crippen LogP contribution < -0.4 is 5.32 Å². The van der Waals surface area contributed by atoms with Crippen LogP contribution in [0, 0.1) is 0 Å². The third kappa shape index (κ3) is 4.16. The first kappa shape index (κ1) is 14.2. The number of hydrogen-bond acceptors (Lipinski definition) is 3. The van der Waals surface area contributed by atoms with Crippen LogP contribution in [0.4, 0.5) is 0 Å². The van der Waals surface area contributed by atoms with E-state index in [4.69, 9.17) is 11.6 Å². The molecule has 2 N–H and O–H groups in total. The van der Waals surface area contributed by atoms with Crippen LogP contribution in [0.25, 0.3) is 0 Å². The predicted octanol–water partition coefficient (Wildman–Crippen LogP) is 2.73. The van der Waals surface area contributed by atoms with Crippen LogP contribution in [0.5, 0.6) is 0 Å². The lowest BCUT2D eigenvalue weighted by Gasteiger charge is -2.24. The molecule has 0 aromatic heterocycles. The molecule has 1 saturated heterocycles. The first-order valence-corrected chi connectivity index (χ1v) is 7.89. The Kier molecular flexibility index (Phi) is 4.96. The first-order valence-electron chi connectivity index (χ1n) is 6.35. The molecular formula is C14H20ClNOS. The van der Waals surface area contributed by atoms with E-state index in [0.717, 1.165) is 29.4 Å². The number of thioether (sulfide) groups is 1. The normalized spacial score (nSPS) is 25.3. The van der Waals surface area contributed by atoms with E-state index in [1.54, 1.807) is 0 Å². The Bertz CT molecular complexity index is 376. The molecule has 2 atom stereocenters. The van der Waals surface area contributed by atoms with Gasteiger partial charge in [-0.3, -0.25) is 0 Å². The average molecular weight is 286 g/mol. The third-order valence-electron chi connectivity index (χ3n) is 3.32. The molecule has 0 spiro atoms. The zero-order valence-electron chi connectivity index (χ0n) is 10.7. The highest BCUT2D eigenvalue weighted by Gasteiger charge is 2.31. The van der Waals surface area contributed by atoms with E-state index in [-0.39, 0.29) is 0 Å². The van der Waals surface area contributed by atoms with Crippen molar-refractivity contribution >= 4 is 23.4 Å². The highest BCUT2D eigenvalue weighted by molar-refractivity contribution is 7.99. The maximum atomic E-state index is 10.2. The Morgan fingerprint density at radius 3 is 2.78 bits per heavy atom. The average Bonchev–Trinajstić information content (AvgIpc) is 2.78. The van der Waals surface area contributed by atoms with E-state index in [9.17, 15) is 5.11 Å². The minimum Gasteiger partial charge on any atom is -0.388 e. The SMILES string of the molecule is CC(Cc1ccc(Cl)cc1)NCC1(O)CCSC1. The van der Waals surface area contributed by atoms with Crippen LogP contribution >= 0.6 is 23.4 Å². The van der Waals surface area contributed by atoms with Gasteiger partial charge in [0.05, 0.1) is 5.60 Å². The number of aliphatic hydroxyl groups is 1. The molecule has 0 aliphatic carbocycles. The summed E-state index contributed by atoms with van der Waals surface area (Å²) in [6, 6.07) is 8.32. The second kappa shape index (κ2) is 6.29. The second-order valence-electron chi connectivity index (χ2n) is 5.14. The maximum absolute atomic E-state index is 10.2. The van der Waals surface area contributed by atoms with Crippen LogP contribution in [0.15, 0.2) is 24.3 Å². The van der Waals surface area contributed by atoms with Crippen molar-refractivity contribution in [3.8, 4) is 0 Å². The van der Waals surface area contributed by atoms with Crippen LogP contribution in [-0.2, 0) is 6.42 Å². The van der Waals surface area contributed by atoms with Crippen LogP contribution in [0.2, 0.25) is 5.02 Å². The molecule has 1 heterocycles. The summed E-state index contributed by atoms with van der Waals surface area (Å²) in [5.74, 6) is 1.93. The van der Waals surface area contributed by atoms with Gasteiger partial charge in [-0.05, 0) is 43.2 Å². The molecule has 1 aromatic carbocycles. The minimum absolute atomic E-state index is 0.362. The summed E-state index contributed by atoms with van der Waals surface area (Å²) in [4.78, 5) is 0. The Hall–Kier alpha value is -0.220. The number of halogens is 1. The molecule has 0 bridgehead atoms. The molecule has 1 aliphatic rings. The Morgan fingerprint density at radius 1 is 1.44 bits per heavy atom. The predicted molar refractivity (Wildman–Crippen MR) is 79.5 cm³/mol. The number of nitrogens with one attached hydrogen (secondary N) is 1. The molecule has 0 amide bonds. The Labute approximate surface area is 118 Å². The van der Waals surface area contributed by atoms with E-state index in [1.165, 1.54) is 5.56 Å². The van der Waals surface area contributed by atoms with Gasteiger partial charge in [0.15, 0.2) is 0 Å². The summed E-state index contributed by atoms with van der Waals surface area (Å²) in [7, 11) is 0. The highest BCUT2D eigenvalue weighted by Crippen LogP contribution is 2.27. The molecule has 1 fully saturated rings. The van der Waals surface area contributed by atoms with E-state index >= 15 is 0 Å². The zero-order chi connectivity index (χ0) is 13.0. The summed E-state index contributed by atoms with van der Waals surface area (Å²) >= 11 is 7.70. The van der Waals surface area contributed by atoms with Crippen molar-refractivity contribution in [2.75, 3.05) is 18.1 Å². The fourth-order valence-corrected chi connectivity index (χ4v) is 3.57. The van der Waals surface area contributed by atoms with E-state index < -0.39 is 5.60 Å². The molecule has 0 radical (unpaired) electrons. The Morgan fingerprint density at radius 2 is 2.17 bits per heavy atom. The van der Waals surface area contributed by atoms with Crippen molar-refractivity contribution in [3.63, 3.8) is 0 Å². The largest absolute Gasteiger partial charge is 0.388 e. The molecule has 4 heteroatoms. The maximum Gasteiger partial charge on any atom is 0.0869 e. The number of benzene rings is 1. The number of rotatable bonds is 5. The van der Waals surface area contributed by atoms with Gasteiger partial charge < -0.3 is 10.4 Å². The van der Waals surface area contributed by atoms with Gasteiger partial charge in [0.25, 0.3) is 0 Å². The van der Waals surface area contributed by atoms with Crippen LogP contribution in [-0.4, -0.2) is 34.8 Å². The van der Waals surface area contributed by atoms with Crippen molar-refractivity contribution in [1.29, 1.82) is 0 Å². The van der Waals surface area contributed by atoms with Crippen molar-refractivity contribution < 1.29 is 5.11 Å². The van der Waals surface area contributed by atoms with E-state index in [1.807, 2.05) is 23.9 Å². The van der Waals surface area contributed by atoms with Gasteiger partial charge >= 0.3 is 0 Å². The highest BCUT2D eigenvalue weighted by atomic mass is 35.5. The van der Waals surface area contributed by atoms with Gasteiger partial charge in [-0.15, -0.1) is 0 Å². The van der Waals surface area contributed by atoms with Gasteiger partial charge in [0.1, 0.15) is 0 Å². The smallest absolute Gasteiger partial charge is 0.0869 e. The lowest BCUT2D eigenvalue weighted by atomic mass is 10.0. The Balaban J connectivity index is 1.78. The summed E-state index contributed by atoms with van der Waals surface area (Å²) in [5, 5.41) is 14.4. The molecule has 2 nitrogen and oxygen atoms in total. The first-order chi connectivity index (χ1) is 8.57. The van der Waals surface area contributed by atoms with Gasteiger partial charge in [-0.25, -0.2) is 0 Å². The lowest BCUT2D eigenvalue weighted by molar-refractivity contribution is 0.0651. The van der Waals surface area contributed by atoms with Gasteiger partial charge in [-0.2, -0.15) is 11.8 Å². The summed E-state index contributed by atoms with van der Waals surface area (Å²) in [5.41, 5.74) is 0.769. The fourth-order valence-electron chi connectivity index (χ4n) is 2.15. The molecule has 1 aliphatic heterocycles. The fraction of sp³-hybridized carbons (Fsp3) is 0.571. The van der Waals surface area contributed by atoms with Crippen molar-refractivity contribution in [2.24, 2.45) is 0 Å².